The summed E-state index contributed by atoms with van der Waals surface area (Å²) in [4.78, 5) is 23.6. The Morgan fingerprint density at radius 2 is 1.92 bits per heavy atom. The smallest absolute Gasteiger partial charge is 0.229 e. The molecule has 0 spiro atoms. The fourth-order valence-electron chi connectivity index (χ4n) is 1.34. The first kappa shape index (κ1) is 9.19. The lowest BCUT2D eigenvalue weighted by molar-refractivity contribution is -0.151. The Bertz CT molecular complexity index is 186. The van der Waals surface area contributed by atoms with E-state index in [4.69, 9.17) is 5.11 Å². The van der Waals surface area contributed by atoms with E-state index in [-0.39, 0.29) is 24.5 Å². The second-order valence-corrected chi connectivity index (χ2v) is 3.04. The van der Waals surface area contributed by atoms with Gasteiger partial charge < -0.3 is 5.11 Å². The van der Waals surface area contributed by atoms with Gasteiger partial charge in [-0.3, -0.25) is 14.5 Å². The molecule has 0 aliphatic carbocycles. The van der Waals surface area contributed by atoms with Gasteiger partial charge in [0.2, 0.25) is 11.8 Å². The maximum atomic E-state index is 11.2. The van der Waals surface area contributed by atoms with Gasteiger partial charge in [-0.05, 0) is 13.3 Å². The Morgan fingerprint density at radius 1 is 1.42 bits per heavy atom. The summed E-state index contributed by atoms with van der Waals surface area (Å²) in [6.45, 7) is 1.51. The van der Waals surface area contributed by atoms with E-state index in [1.54, 1.807) is 6.92 Å². The van der Waals surface area contributed by atoms with Crippen LogP contribution >= 0.6 is 0 Å². The summed E-state index contributed by atoms with van der Waals surface area (Å²) in [6, 6.07) is -0.370. The van der Waals surface area contributed by atoms with Gasteiger partial charge in [0.1, 0.15) is 0 Å². The number of likely N-dealkylation sites (tertiary alicyclic amines) is 1. The largest absolute Gasteiger partial charge is 0.394 e. The summed E-state index contributed by atoms with van der Waals surface area (Å²) in [5.41, 5.74) is 0. The Hall–Kier alpha value is -0.900. The van der Waals surface area contributed by atoms with Crippen LogP contribution in [-0.2, 0) is 9.59 Å². The van der Waals surface area contributed by atoms with E-state index in [1.807, 2.05) is 0 Å². The monoisotopic (exact) mass is 171 g/mol. The summed E-state index contributed by atoms with van der Waals surface area (Å²) in [5, 5.41) is 8.78. The van der Waals surface area contributed by atoms with Crippen LogP contribution in [0.15, 0.2) is 0 Å². The van der Waals surface area contributed by atoms with Gasteiger partial charge in [-0.2, -0.15) is 0 Å². The van der Waals surface area contributed by atoms with E-state index in [1.165, 1.54) is 4.90 Å². The van der Waals surface area contributed by atoms with Gasteiger partial charge in [0.05, 0.1) is 12.6 Å². The number of imide groups is 1. The number of piperidine rings is 1. The van der Waals surface area contributed by atoms with Crippen LogP contribution in [0, 0.1) is 0 Å². The highest BCUT2D eigenvalue weighted by Gasteiger charge is 2.29. The number of rotatable bonds is 2. The second-order valence-electron chi connectivity index (χ2n) is 3.04. The molecule has 0 bridgehead atoms. The minimum atomic E-state index is -0.370. The van der Waals surface area contributed by atoms with Gasteiger partial charge in [-0.1, -0.05) is 0 Å². The molecule has 1 rings (SSSR count). The van der Waals surface area contributed by atoms with E-state index >= 15 is 0 Å². The first-order valence-electron chi connectivity index (χ1n) is 4.12. The molecule has 4 nitrogen and oxygen atoms in total. The molecule has 0 radical (unpaired) electrons. The Balaban J connectivity index is 2.69. The Morgan fingerprint density at radius 3 is 2.33 bits per heavy atom. The number of carbonyl (C=O) groups is 2. The van der Waals surface area contributed by atoms with Crippen LogP contribution in [0.25, 0.3) is 0 Å². The highest BCUT2D eigenvalue weighted by Crippen LogP contribution is 2.14. The van der Waals surface area contributed by atoms with Crippen molar-refractivity contribution in [2.45, 2.75) is 32.2 Å². The van der Waals surface area contributed by atoms with Crippen molar-refractivity contribution in [1.82, 2.24) is 4.90 Å². The van der Waals surface area contributed by atoms with E-state index < -0.39 is 0 Å². The highest BCUT2D eigenvalue weighted by atomic mass is 16.3. The van der Waals surface area contributed by atoms with Gasteiger partial charge in [0.25, 0.3) is 0 Å². The third kappa shape index (κ3) is 1.64. The normalized spacial score (nSPS) is 21.3. The number of amides is 2. The molecule has 1 N–H and O–H groups in total. The summed E-state index contributed by atoms with van der Waals surface area (Å²) in [6.07, 6.45) is 1.50. The zero-order chi connectivity index (χ0) is 9.14. The molecular formula is C8H13NO3. The van der Waals surface area contributed by atoms with Crippen molar-refractivity contribution in [3.05, 3.63) is 0 Å². The van der Waals surface area contributed by atoms with Crippen LogP contribution in [0.3, 0.4) is 0 Å². The van der Waals surface area contributed by atoms with Crippen LogP contribution in [0.5, 0.6) is 0 Å². The maximum Gasteiger partial charge on any atom is 0.229 e. The average molecular weight is 171 g/mol. The molecule has 1 fully saturated rings. The van der Waals surface area contributed by atoms with Crippen LogP contribution in [-0.4, -0.2) is 34.5 Å². The maximum absolute atomic E-state index is 11.2. The molecule has 12 heavy (non-hydrogen) atoms. The number of hydrogen-bond donors (Lipinski definition) is 1. The van der Waals surface area contributed by atoms with Gasteiger partial charge in [0, 0.05) is 12.8 Å². The number of carbonyl (C=O) groups excluding carboxylic acids is 2. The van der Waals surface area contributed by atoms with Crippen molar-refractivity contribution in [1.29, 1.82) is 0 Å². The highest BCUT2D eigenvalue weighted by molar-refractivity contribution is 5.97. The topological polar surface area (TPSA) is 57.6 Å². The first-order valence-corrected chi connectivity index (χ1v) is 4.12. The summed E-state index contributed by atoms with van der Waals surface area (Å²) < 4.78 is 0. The first-order chi connectivity index (χ1) is 5.66. The Labute approximate surface area is 71.2 Å². The van der Waals surface area contributed by atoms with Crippen LogP contribution in [0.2, 0.25) is 0 Å². The lowest BCUT2D eigenvalue weighted by Crippen LogP contribution is -2.47. The number of hydrogen-bond acceptors (Lipinski definition) is 3. The molecule has 4 heteroatoms. The zero-order valence-electron chi connectivity index (χ0n) is 7.12. The molecule has 0 aromatic carbocycles. The number of aliphatic hydroxyl groups is 1. The number of aliphatic hydroxyl groups excluding tert-OH is 1. The molecule has 1 atom stereocenters. The van der Waals surface area contributed by atoms with Gasteiger partial charge in [-0.25, -0.2) is 0 Å². The molecule has 0 unspecified atom stereocenters. The molecule has 0 aromatic rings. The van der Waals surface area contributed by atoms with E-state index in [9.17, 15) is 9.59 Å². The third-order valence-electron chi connectivity index (χ3n) is 2.02. The Kier molecular flexibility index (Phi) is 2.81. The number of nitrogens with zero attached hydrogens (tertiary/aromatic N) is 1. The lowest BCUT2D eigenvalue weighted by atomic mass is 10.1. The molecule has 1 aliphatic heterocycles. The van der Waals surface area contributed by atoms with Crippen LogP contribution < -0.4 is 0 Å². The van der Waals surface area contributed by atoms with Gasteiger partial charge in [-0.15, -0.1) is 0 Å². The van der Waals surface area contributed by atoms with Crippen molar-refractivity contribution in [3.63, 3.8) is 0 Å². The summed E-state index contributed by atoms with van der Waals surface area (Å²) in [7, 11) is 0. The van der Waals surface area contributed by atoms with Crippen molar-refractivity contribution in [2.75, 3.05) is 6.61 Å². The molecule has 68 valence electrons. The van der Waals surface area contributed by atoms with E-state index in [0.717, 1.165) is 0 Å². The summed E-state index contributed by atoms with van der Waals surface area (Å²) >= 11 is 0. The molecule has 2 amide bonds. The van der Waals surface area contributed by atoms with E-state index in [2.05, 4.69) is 0 Å². The fraction of sp³-hybridized carbons (Fsp3) is 0.750. The summed E-state index contributed by atoms with van der Waals surface area (Å²) in [5.74, 6) is -0.319. The van der Waals surface area contributed by atoms with Gasteiger partial charge >= 0.3 is 0 Å². The third-order valence-corrected chi connectivity index (χ3v) is 2.02. The predicted molar refractivity (Wildman–Crippen MR) is 42.3 cm³/mol. The quantitative estimate of drug-likeness (QED) is 0.590. The molecule has 0 saturated carbocycles. The average Bonchev–Trinajstić information content (AvgIpc) is 2.03. The van der Waals surface area contributed by atoms with Crippen LogP contribution in [0.4, 0.5) is 0 Å². The van der Waals surface area contributed by atoms with Crippen molar-refractivity contribution in [2.24, 2.45) is 0 Å². The van der Waals surface area contributed by atoms with E-state index in [0.29, 0.717) is 19.3 Å². The fourth-order valence-corrected chi connectivity index (χ4v) is 1.34. The SMILES string of the molecule is C[C@@H](CO)N1C(=O)CCCC1=O. The van der Waals surface area contributed by atoms with Crippen molar-refractivity contribution >= 4 is 11.8 Å². The van der Waals surface area contributed by atoms with Crippen LogP contribution in [0.1, 0.15) is 26.2 Å². The molecule has 1 heterocycles. The van der Waals surface area contributed by atoms with Crippen molar-refractivity contribution in [3.8, 4) is 0 Å². The zero-order valence-corrected chi connectivity index (χ0v) is 7.12. The standard InChI is InChI=1S/C8H13NO3/c1-6(5-10)9-7(11)3-2-4-8(9)12/h6,10H,2-5H2,1H3/t6-/m0/s1. The molecule has 1 aliphatic rings. The predicted octanol–water partition coefficient (Wildman–Crippen LogP) is -0.0937. The minimum Gasteiger partial charge on any atom is -0.394 e. The van der Waals surface area contributed by atoms with Gasteiger partial charge in [0.15, 0.2) is 0 Å². The second kappa shape index (κ2) is 3.67. The van der Waals surface area contributed by atoms with Crippen molar-refractivity contribution < 1.29 is 14.7 Å². The molecular weight excluding hydrogens is 158 g/mol. The molecule has 1 saturated heterocycles. The molecule has 0 aromatic heterocycles. The minimum absolute atomic E-state index is 0.155. The lowest BCUT2D eigenvalue weighted by Gasteiger charge is -2.29.